The zero-order valence-corrected chi connectivity index (χ0v) is 12.0. The van der Waals surface area contributed by atoms with Gasteiger partial charge in [0.05, 0.1) is 0 Å². The van der Waals surface area contributed by atoms with Crippen molar-refractivity contribution in [2.75, 3.05) is 0 Å². The van der Waals surface area contributed by atoms with Gasteiger partial charge in [-0.15, -0.1) is 0 Å². The van der Waals surface area contributed by atoms with Gasteiger partial charge in [0.15, 0.2) is 5.78 Å². The number of nitrogens with zero attached hydrogens (tertiary/aromatic N) is 1. The predicted molar refractivity (Wildman–Crippen MR) is 74.3 cm³/mol. The van der Waals surface area contributed by atoms with E-state index in [4.69, 9.17) is 0 Å². The Kier molecular flexibility index (Phi) is 7.10. The van der Waals surface area contributed by atoms with Crippen molar-refractivity contribution in [3.8, 4) is 0 Å². The molecule has 0 unspecified atom stereocenters. The molecule has 94 valence electrons. The largest absolute Gasteiger partial charge is 0.292 e. The SMILES string of the molecule is CCCCCCCCC(=O)c1ncccc1Br. The van der Waals surface area contributed by atoms with Gasteiger partial charge in [-0.3, -0.25) is 9.78 Å². The normalized spacial score (nSPS) is 10.5. The summed E-state index contributed by atoms with van der Waals surface area (Å²) in [6.07, 6.45) is 9.50. The zero-order valence-electron chi connectivity index (χ0n) is 10.4. The average molecular weight is 298 g/mol. The molecule has 0 radical (unpaired) electrons. The van der Waals surface area contributed by atoms with Crippen LogP contribution in [0.3, 0.4) is 0 Å². The van der Waals surface area contributed by atoms with Gasteiger partial charge in [0.25, 0.3) is 0 Å². The topological polar surface area (TPSA) is 30.0 Å². The predicted octanol–water partition coefficient (Wildman–Crippen LogP) is 4.78. The van der Waals surface area contributed by atoms with E-state index < -0.39 is 0 Å². The highest BCUT2D eigenvalue weighted by Gasteiger charge is 2.10. The summed E-state index contributed by atoms with van der Waals surface area (Å²) in [5, 5.41) is 0. The number of pyridine rings is 1. The third kappa shape index (κ3) is 5.44. The van der Waals surface area contributed by atoms with E-state index in [1.807, 2.05) is 12.1 Å². The van der Waals surface area contributed by atoms with Crippen LogP contribution in [0.1, 0.15) is 62.4 Å². The van der Waals surface area contributed by atoms with Crippen LogP contribution >= 0.6 is 15.9 Å². The highest BCUT2D eigenvalue weighted by molar-refractivity contribution is 9.10. The summed E-state index contributed by atoms with van der Waals surface area (Å²) >= 11 is 3.36. The fourth-order valence-corrected chi connectivity index (χ4v) is 2.25. The van der Waals surface area contributed by atoms with Gasteiger partial charge in [-0.2, -0.15) is 0 Å². The second kappa shape index (κ2) is 8.40. The molecule has 0 atom stereocenters. The summed E-state index contributed by atoms with van der Waals surface area (Å²) in [6, 6.07) is 3.69. The zero-order chi connectivity index (χ0) is 12.5. The molecular formula is C14H20BrNO. The van der Waals surface area contributed by atoms with Crippen molar-refractivity contribution >= 4 is 21.7 Å². The van der Waals surface area contributed by atoms with Gasteiger partial charge < -0.3 is 0 Å². The smallest absolute Gasteiger partial charge is 0.182 e. The van der Waals surface area contributed by atoms with Gasteiger partial charge in [0.1, 0.15) is 5.69 Å². The summed E-state index contributed by atoms with van der Waals surface area (Å²) in [5.41, 5.74) is 0.570. The quantitative estimate of drug-likeness (QED) is 0.511. The molecule has 2 nitrogen and oxygen atoms in total. The minimum Gasteiger partial charge on any atom is -0.292 e. The summed E-state index contributed by atoms with van der Waals surface area (Å²) in [4.78, 5) is 16.0. The first-order valence-corrected chi connectivity index (χ1v) is 7.18. The molecule has 1 aromatic heterocycles. The maximum absolute atomic E-state index is 11.9. The molecule has 0 spiro atoms. The number of hydrogen-bond acceptors (Lipinski definition) is 2. The van der Waals surface area contributed by atoms with E-state index in [9.17, 15) is 4.79 Å². The van der Waals surface area contributed by atoms with Crippen LogP contribution in [0.15, 0.2) is 22.8 Å². The van der Waals surface area contributed by atoms with Crippen LogP contribution in [0.2, 0.25) is 0 Å². The number of Topliss-reactive ketones (excluding diaryl/α,β-unsaturated/α-hetero) is 1. The van der Waals surface area contributed by atoms with E-state index in [1.165, 1.54) is 25.7 Å². The van der Waals surface area contributed by atoms with Gasteiger partial charge in [-0.25, -0.2) is 0 Å². The molecule has 0 saturated carbocycles. The molecule has 0 aliphatic rings. The van der Waals surface area contributed by atoms with Crippen LogP contribution in [0, 0.1) is 0 Å². The Labute approximate surface area is 112 Å². The van der Waals surface area contributed by atoms with Gasteiger partial charge >= 0.3 is 0 Å². The summed E-state index contributed by atoms with van der Waals surface area (Å²) in [5.74, 6) is 0.146. The third-order valence-corrected chi connectivity index (χ3v) is 3.42. The monoisotopic (exact) mass is 297 g/mol. The van der Waals surface area contributed by atoms with Crippen LogP contribution < -0.4 is 0 Å². The van der Waals surface area contributed by atoms with Crippen molar-refractivity contribution in [1.82, 2.24) is 4.98 Å². The van der Waals surface area contributed by atoms with Crippen LogP contribution in [-0.2, 0) is 0 Å². The minimum absolute atomic E-state index is 0.146. The van der Waals surface area contributed by atoms with E-state index >= 15 is 0 Å². The molecule has 17 heavy (non-hydrogen) atoms. The van der Waals surface area contributed by atoms with E-state index in [-0.39, 0.29) is 5.78 Å². The summed E-state index contributed by atoms with van der Waals surface area (Å²) in [6.45, 7) is 2.21. The van der Waals surface area contributed by atoms with E-state index in [2.05, 4.69) is 27.8 Å². The highest BCUT2D eigenvalue weighted by Crippen LogP contribution is 2.16. The Hall–Kier alpha value is -0.700. The standard InChI is InChI=1S/C14H20BrNO/c1-2-3-4-5-6-7-10-13(17)14-12(15)9-8-11-16-14/h8-9,11H,2-7,10H2,1H3. The van der Waals surface area contributed by atoms with Crippen LogP contribution in [0.25, 0.3) is 0 Å². The van der Waals surface area contributed by atoms with Gasteiger partial charge in [-0.1, -0.05) is 39.0 Å². The molecule has 1 aromatic rings. The molecule has 1 rings (SSSR count). The number of rotatable bonds is 8. The van der Waals surface area contributed by atoms with Gasteiger partial charge in [0, 0.05) is 17.1 Å². The molecular weight excluding hydrogens is 278 g/mol. The number of carbonyl (C=O) groups excluding carboxylic acids is 1. The number of halogens is 1. The van der Waals surface area contributed by atoms with Crippen LogP contribution in [0.4, 0.5) is 0 Å². The highest BCUT2D eigenvalue weighted by atomic mass is 79.9. The van der Waals surface area contributed by atoms with E-state index in [1.54, 1.807) is 6.20 Å². The second-order valence-electron chi connectivity index (χ2n) is 4.27. The molecule has 0 aromatic carbocycles. The first-order chi connectivity index (χ1) is 8.25. The molecule has 0 saturated heterocycles. The Morgan fingerprint density at radius 3 is 2.65 bits per heavy atom. The lowest BCUT2D eigenvalue weighted by molar-refractivity contribution is 0.0973. The van der Waals surface area contributed by atoms with Crippen molar-refractivity contribution in [2.24, 2.45) is 0 Å². The molecule has 3 heteroatoms. The van der Waals surface area contributed by atoms with Crippen molar-refractivity contribution in [3.05, 3.63) is 28.5 Å². The van der Waals surface area contributed by atoms with Crippen molar-refractivity contribution in [1.29, 1.82) is 0 Å². The minimum atomic E-state index is 0.146. The molecule has 0 bridgehead atoms. The molecule has 0 N–H and O–H groups in total. The van der Waals surface area contributed by atoms with Crippen molar-refractivity contribution in [3.63, 3.8) is 0 Å². The fraction of sp³-hybridized carbons (Fsp3) is 0.571. The number of hydrogen-bond donors (Lipinski definition) is 0. The van der Waals surface area contributed by atoms with Gasteiger partial charge in [-0.05, 0) is 34.5 Å². The van der Waals surface area contributed by atoms with Crippen LogP contribution in [0.5, 0.6) is 0 Å². The summed E-state index contributed by atoms with van der Waals surface area (Å²) < 4.78 is 0.802. The molecule has 0 fully saturated rings. The maximum Gasteiger partial charge on any atom is 0.182 e. The number of carbonyl (C=O) groups is 1. The first-order valence-electron chi connectivity index (χ1n) is 6.39. The van der Waals surface area contributed by atoms with E-state index in [0.29, 0.717) is 12.1 Å². The third-order valence-electron chi connectivity index (χ3n) is 2.78. The Bertz CT molecular complexity index is 352. The van der Waals surface area contributed by atoms with E-state index in [0.717, 1.165) is 17.3 Å². The molecule has 0 amide bonds. The summed E-state index contributed by atoms with van der Waals surface area (Å²) in [7, 11) is 0. The lowest BCUT2D eigenvalue weighted by atomic mass is 10.1. The average Bonchev–Trinajstić information content (AvgIpc) is 2.34. The molecule has 1 heterocycles. The Balaban J connectivity index is 2.24. The lowest BCUT2D eigenvalue weighted by Gasteiger charge is -2.02. The van der Waals surface area contributed by atoms with Crippen molar-refractivity contribution < 1.29 is 4.79 Å². The number of unbranched alkanes of at least 4 members (excludes halogenated alkanes) is 5. The van der Waals surface area contributed by atoms with Crippen molar-refractivity contribution in [2.45, 2.75) is 51.9 Å². The fourth-order valence-electron chi connectivity index (χ4n) is 1.78. The Morgan fingerprint density at radius 2 is 1.94 bits per heavy atom. The molecule has 0 aliphatic heterocycles. The maximum atomic E-state index is 11.9. The number of ketones is 1. The Morgan fingerprint density at radius 1 is 1.24 bits per heavy atom. The molecule has 0 aliphatic carbocycles. The number of aromatic nitrogens is 1. The first kappa shape index (κ1) is 14.4. The lowest BCUT2D eigenvalue weighted by Crippen LogP contribution is -2.02. The second-order valence-corrected chi connectivity index (χ2v) is 5.13. The van der Waals surface area contributed by atoms with Gasteiger partial charge in [0.2, 0.25) is 0 Å². The van der Waals surface area contributed by atoms with Crippen LogP contribution in [-0.4, -0.2) is 10.8 Å².